The number of rotatable bonds is 7. The fourth-order valence-corrected chi connectivity index (χ4v) is 4.29. The molecule has 0 aromatic heterocycles. The number of sulfonamides is 1. The van der Waals surface area contributed by atoms with Gasteiger partial charge in [0.15, 0.2) is 0 Å². The highest BCUT2D eigenvalue weighted by Gasteiger charge is 2.36. The maximum Gasteiger partial charge on any atom is 0.305 e. The van der Waals surface area contributed by atoms with Crippen LogP contribution in [0.2, 0.25) is 0 Å². The molecule has 26 heavy (non-hydrogen) atoms. The van der Waals surface area contributed by atoms with E-state index in [9.17, 15) is 18.0 Å². The molecule has 142 valence electrons. The Morgan fingerprint density at radius 1 is 1.15 bits per heavy atom. The van der Waals surface area contributed by atoms with Crippen LogP contribution in [0.5, 0.6) is 0 Å². The van der Waals surface area contributed by atoms with Gasteiger partial charge in [-0.25, -0.2) is 13.1 Å². The minimum absolute atomic E-state index is 0.00683. The molecule has 1 amide bonds. The van der Waals surface area contributed by atoms with E-state index < -0.39 is 27.4 Å². The Morgan fingerprint density at radius 3 is 2.31 bits per heavy atom. The highest BCUT2D eigenvalue weighted by molar-refractivity contribution is 7.89. The van der Waals surface area contributed by atoms with E-state index in [1.54, 1.807) is 0 Å². The molecule has 1 saturated heterocycles. The van der Waals surface area contributed by atoms with Crippen molar-refractivity contribution in [1.82, 2.24) is 10.0 Å². The average molecular weight is 382 g/mol. The van der Waals surface area contributed by atoms with Crippen LogP contribution in [0, 0.1) is 0 Å². The maximum atomic E-state index is 12.5. The summed E-state index contributed by atoms with van der Waals surface area (Å²) >= 11 is 0. The molecule has 2 aliphatic rings. The fourth-order valence-electron chi connectivity index (χ4n) is 2.98. The quantitative estimate of drug-likeness (QED) is 0.644. The maximum absolute atomic E-state index is 12.5. The third-order valence-electron chi connectivity index (χ3n) is 4.64. The van der Waals surface area contributed by atoms with E-state index in [2.05, 4.69) is 10.0 Å². The van der Waals surface area contributed by atoms with Gasteiger partial charge >= 0.3 is 5.97 Å². The SMILES string of the molecule is O=C(O)CC1(NC(=O)c2ccc(S(=O)(=O)NC3CC3)cc2)CCOCC1. The Labute approximate surface area is 152 Å². The lowest BCUT2D eigenvalue weighted by molar-refractivity contribution is -0.139. The molecule has 0 radical (unpaired) electrons. The van der Waals surface area contributed by atoms with E-state index in [-0.39, 0.29) is 22.9 Å². The smallest absolute Gasteiger partial charge is 0.305 e. The van der Waals surface area contributed by atoms with E-state index >= 15 is 0 Å². The highest BCUT2D eigenvalue weighted by Crippen LogP contribution is 2.26. The van der Waals surface area contributed by atoms with Crippen LogP contribution in [0.15, 0.2) is 29.2 Å². The van der Waals surface area contributed by atoms with Crippen LogP contribution in [0.3, 0.4) is 0 Å². The van der Waals surface area contributed by atoms with E-state index in [1.165, 1.54) is 24.3 Å². The van der Waals surface area contributed by atoms with Crippen molar-refractivity contribution in [2.45, 2.75) is 48.6 Å². The second-order valence-corrected chi connectivity index (χ2v) is 8.55. The Kier molecular flexibility index (Phi) is 5.31. The molecule has 1 saturated carbocycles. The van der Waals surface area contributed by atoms with Crippen molar-refractivity contribution < 1.29 is 27.9 Å². The summed E-state index contributed by atoms with van der Waals surface area (Å²) in [6, 6.07) is 5.64. The molecular weight excluding hydrogens is 360 g/mol. The molecule has 1 aliphatic carbocycles. The molecule has 3 rings (SSSR count). The van der Waals surface area contributed by atoms with Crippen LogP contribution in [-0.2, 0) is 19.6 Å². The highest BCUT2D eigenvalue weighted by atomic mass is 32.2. The van der Waals surface area contributed by atoms with E-state index in [0.717, 1.165) is 12.8 Å². The summed E-state index contributed by atoms with van der Waals surface area (Å²) in [5.41, 5.74) is -0.564. The zero-order valence-electron chi connectivity index (χ0n) is 14.2. The van der Waals surface area contributed by atoms with Gasteiger partial charge in [0.1, 0.15) is 0 Å². The van der Waals surface area contributed by atoms with Crippen LogP contribution in [0.25, 0.3) is 0 Å². The number of nitrogens with one attached hydrogen (secondary N) is 2. The molecule has 1 heterocycles. The molecule has 3 N–H and O–H groups in total. The van der Waals surface area contributed by atoms with Crippen molar-refractivity contribution in [3.63, 3.8) is 0 Å². The lowest BCUT2D eigenvalue weighted by Crippen LogP contribution is -2.53. The van der Waals surface area contributed by atoms with Crippen molar-refractivity contribution in [1.29, 1.82) is 0 Å². The number of carboxylic acid groups (broad SMARTS) is 1. The Balaban J connectivity index is 1.71. The monoisotopic (exact) mass is 382 g/mol. The minimum atomic E-state index is -3.57. The summed E-state index contributed by atoms with van der Waals surface area (Å²) in [7, 11) is -3.57. The van der Waals surface area contributed by atoms with Gasteiger partial charge in [0.2, 0.25) is 10.0 Å². The van der Waals surface area contributed by atoms with E-state index in [0.29, 0.717) is 26.1 Å². The largest absolute Gasteiger partial charge is 0.481 e. The molecule has 2 fully saturated rings. The van der Waals surface area contributed by atoms with Gasteiger partial charge < -0.3 is 15.2 Å². The number of aliphatic carboxylic acids is 1. The Hall–Kier alpha value is -1.97. The molecule has 0 atom stereocenters. The van der Waals surface area contributed by atoms with Gasteiger partial charge in [0.25, 0.3) is 5.91 Å². The number of carbonyl (C=O) groups excluding carboxylic acids is 1. The van der Waals surface area contributed by atoms with E-state index in [1.807, 2.05) is 0 Å². The van der Waals surface area contributed by atoms with Crippen molar-refractivity contribution in [3.8, 4) is 0 Å². The molecule has 1 aromatic rings. The van der Waals surface area contributed by atoms with Gasteiger partial charge in [-0.2, -0.15) is 0 Å². The first-order chi connectivity index (χ1) is 12.3. The number of hydrogen-bond acceptors (Lipinski definition) is 5. The number of carbonyl (C=O) groups is 2. The normalized spacial score (nSPS) is 19.7. The van der Waals surface area contributed by atoms with Crippen molar-refractivity contribution in [2.75, 3.05) is 13.2 Å². The van der Waals surface area contributed by atoms with E-state index in [4.69, 9.17) is 9.84 Å². The molecule has 0 spiro atoms. The Morgan fingerprint density at radius 2 is 1.77 bits per heavy atom. The number of ether oxygens (including phenoxy) is 1. The molecule has 0 bridgehead atoms. The van der Waals surface area contributed by atoms with Gasteiger partial charge in [0.05, 0.1) is 16.9 Å². The van der Waals surface area contributed by atoms with Crippen LogP contribution < -0.4 is 10.0 Å². The van der Waals surface area contributed by atoms with Gasteiger partial charge in [-0.15, -0.1) is 0 Å². The predicted molar refractivity (Wildman–Crippen MR) is 92.3 cm³/mol. The van der Waals surface area contributed by atoms with Crippen LogP contribution >= 0.6 is 0 Å². The number of hydrogen-bond donors (Lipinski definition) is 3. The molecule has 8 nitrogen and oxygen atoms in total. The van der Waals surface area contributed by atoms with Crippen LogP contribution in [0.4, 0.5) is 0 Å². The van der Waals surface area contributed by atoms with Crippen LogP contribution in [-0.4, -0.2) is 50.2 Å². The second-order valence-electron chi connectivity index (χ2n) is 6.84. The number of benzene rings is 1. The summed E-state index contributed by atoms with van der Waals surface area (Å²) < 4.78 is 32.2. The second kappa shape index (κ2) is 7.34. The zero-order valence-corrected chi connectivity index (χ0v) is 15.0. The number of carboxylic acids is 1. The standard InChI is InChI=1S/C17H22N2O6S/c20-15(21)11-17(7-9-25-10-8-17)18-16(22)12-1-5-14(6-2-12)26(23,24)19-13-3-4-13/h1-2,5-6,13,19H,3-4,7-11H2,(H,18,22)(H,20,21). The van der Waals surface area contributed by atoms with Crippen molar-refractivity contribution >= 4 is 21.9 Å². The fraction of sp³-hybridized carbons (Fsp3) is 0.529. The van der Waals surface area contributed by atoms with Gasteiger partial charge in [-0.1, -0.05) is 0 Å². The summed E-state index contributed by atoms with van der Waals surface area (Å²) in [6.45, 7) is 0.773. The third-order valence-corrected chi connectivity index (χ3v) is 6.18. The average Bonchev–Trinajstić information content (AvgIpc) is 3.38. The summed E-state index contributed by atoms with van der Waals surface area (Å²) in [5.74, 6) is -1.41. The lowest BCUT2D eigenvalue weighted by Gasteiger charge is -2.36. The lowest BCUT2D eigenvalue weighted by atomic mass is 9.86. The zero-order chi connectivity index (χ0) is 18.8. The first-order valence-corrected chi connectivity index (χ1v) is 10.0. The Bertz CT molecular complexity index is 780. The van der Waals surface area contributed by atoms with Crippen LogP contribution in [0.1, 0.15) is 42.5 Å². The molecular formula is C17H22N2O6S. The third kappa shape index (κ3) is 4.60. The number of amides is 1. The molecule has 1 aromatic carbocycles. The topological polar surface area (TPSA) is 122 Å². The first-order valence-electron chi connectivity index (χ1n) is 8.54. The molecule has 9 heteroatoms. The predicted octanol–water partition coefficient (Wildman–Crippen LogP) is 0.881. The van der Waals surface area contributed by atoms with Gasteiger partial charge in [-0.3, -0.25) is 9.59 Å². The summed E-state index contributed by atoms with van der Waals surface area (Å²) in [6.07, 6.45) is 2.34. The van der Waals surface area contributed by atoms with Crippen molar-refractivity contribution in [2.24, 2.45) is 0 Å². The van der Waals surface area contributed by atoms with Crippen molar-refractivity contribution in [3.05, 3.63) is 29.8 Å². The first kappa shape index (κ1) is 18.8. The van der Waals surface area contributed by atoms with Gasteiger partial charge in [-0.05, 0) is 49.9 Å². The summed E-state index contributed by atoms with van der Waals surface area (Å²) in [5, 5.41) is 12.0. The minimum Gasteiger partial charge on any atom is -0.481 e. The summed E-state index contributed by atoms with van der Waals surface area (Å²) in [4.78, 5) is 23.8. The molecule has 0 unspecified atom stereocenters. The molecule has 1 aliphatic heterocycles. The van der Waals surface area contributed by atoms with Gasteiger partial charge in [0, 0.05) is 24.8 Å².